The van der Waals surface area contributed by atoms with Gasteiger partial charge in [-0.15, -0.1) is 0 Å². The van der Waals surface area contributed by atoms with Crippen molar-refractivity contribution in [3.8, 4) is 5.88 Å². The molecule has 0 radical (unpaired) electrons. The van der Waals surface area contributed by atoms with Crippen molar-refractivity contribution in [2.75, 3.05) is 6.61 Å². The Kier molecular flexibility index (Phi) is 2.68. The zero-order valence-corrected chi connectivity index (χ0v) is 7.02. The van der Waals surface area contributed by atoms with Gasteiger partial charge < -0.3 is 4.74 Å². The summed E-state index contributed by atoms with van der Waals surface area (Å²) in [4.78, 5) is 0. The van der Waals surface area contributed by atoms with Crippen molar-refractivity contribution in [1.82, 2.24) is 4.37 Å². The Bertz CT molecular complexity index is 172. The summed E-state index contributed by atoms with van der Waals surface area (Å²) < 4.78 is 9.31. The zero-order valence-electron chi connectivity index (χ0n) is 6.20. The molecule has 2 nitrogen and oxygen atoms in total. The normalized spacial score (nSPS) is 10.3. The standard InChI is InChI=1S/C7H11NOS/c1-6(2)5-9-7-3-4-10-8-7/h3-4,6H,5H2,1-2H3. The highest BCUT2D eigenvalue weighted by molar-refractivity contribution is 7.03. The minimum absolute atomic E-state index is 0.571. The summed E-state index contributed by atoms with van der Waals surface area (Å²) in [6.07, 6.45) is 0. The number of ether oxygens (including phenoxy) is 1. The molecule has 0 N–H and O–H groups in total. The van der Waals surface area contributed by atoms with Crippen molar-refractivity contribution in [2.45, 2.75) is 13.8 Å². The topological polar surface area (TPSA) is 22.1 Å². The fourth-order valence-corrected chi connectivity index (χ4v) is 0.984. The number of aromatic nitrogens is 1. The van der Waals surface area contributed by atoms with Gasteiger partial charge in [-0.2, -0.15) is 4.37 Å². The van der Waals surface area contributed by atoms with Crippen LogP contribution in [0.1, 0.15) is 13.8 Å². The van der Waals surface area contributed by atoms with E-state index in [2.05, 4.69) is 18.2 Å². The highest BCUT2D eigenvalue weighted by Crippen LogP contribution is 2.09. The molecule has 3 heteroatoms. The maximum atomic E-state index is 5.31. The monoisotopic (exact) mass is 157 g/mol. The van der Waals surface area contributed by atoms with Crippen LogP contribution >= 0.6 is 11.5 Å². The van der Waals surface area contributed by atoms with Crippen LogP contribution < -0.4 is 4.74 Å². The molecule has 0 aromatic carbocycles. The van der Waals surface area contributed by atoms with Crippen LogP contribution in [0.2, 0.25) is 0 Å². The molecule has 0 aliphatic carbocycles. The van der Waals surface area contributed by atoms with Gasteiger partial charge >= 0.3 is 0 Å². The lowest BCUT2D eigenvalue weighted by Gasteiger charge is -2.03. The minimum Gasteiger partial charge on any atom is -0.477 e. The van der Waals surface area contributed by atoms with Crippen LogP contribution in [0, 0.1) is 5.92 Å². The largest absolute Gasteiger partial charge is 0.477 e. The Labute approximate surface area is 65.0 Å². The highest BCUT2D eigenvalue weighted by atomic mass is 32.1. The van der Waals surface area contributed by atoms with Gasteiger partial charge in [0, 0.05) is 11.4 Å². The third kappa shape index (κ3) is 2.35. The van der Waals surface area contributed by atoms with E-state index >= 15 is 0 Å². The van der Waals surface area contributed by atoms with Crippen molar-refractivity contribution in [2.24, 2.45) is 5.92 Å². The predicted octanol–water partition coefficient (Wildman–Crippen LogP) is 2.18. The molecule has 10 heavy (non-hydrogen) atoms. The van der Waals surface area contributed by atoms with Gasteiger partial charge in [-0.1, -0.05) is 13.8 Å². The van der Waals surface area contributed by atoms with Crippen molar-refractivity contribution in [3.63, 3.8) is 0 Å². The number of hydrogen-bond donors (Lipinski definition) is 0. The molecule has 0 bridgehead atoms. The third-order valence-electron chi connectivity index (χ3n) is 0.979. The average Bonchev–Trinajstić information content (AvgIpc) is 2.34. The first-order valence-corrected chi connectivity index (χ1v) is 4.16. The third-order valence-corrected chi connectivity index (χ3v) is 1.52. The number of rotatable bonds is 3. The number of nitrogens with zero attached hydrogens (tertiary/aromatic N) is 1. The highest BCUT2D eigenvalue weighted by Gasteiger charge is 1.96. The van der Waals surface area contributed by atoms with E-state index in [1.165, 1.54) is 11.5 Å². The summed E-state index contributed by atoms with van der Waals surface area (Å²) in [5.74, 6) is 1.32. The second-order valence-electron chi connectivity index (χ2n) is 2.54. The maximum Gasteiger partial charge on any atom is 0.225 e. The van der Waals surface area contributed by atoms with E-state index < -0.39 is 0 Å². The van der Waals surface area contributed by atoms with Crippen molar-refractivity contribution in [1.29, 1.82) is 0 Å². The minimum atomic E-state index is 0.571. The molecule has 1 aromatic rings. The van der Waals surface area contributed by atoms with Gasteiger partial charge in [0.1, 0.15) is 0 Å². The molecule has 0 spiro atoms. The van der Waals surface area contributed by atoms with E-state index in [1.54, 1.807) is 0 Å². The van der Waals surface area contributed by atoms with Crippen LogP contribution in [0.15, 0.2) is 11.4 Å². The fourth-order valence-electron chi connectivity index (χ4n) is 0.528. The summed E-state index contributed by atoms with van der Waals surface area (Å²) in [5.41, 5.74) is 0. The summed E-state index contributed by atoms with van der Waals surface area (Å²) in [5, 5.41) is 1.91. The molecule has 1 aromatic heterocycles. The lowest BCUT2D eigenvalue weighted by atomic mass is 10.2. The molecule has 0 aliphatic rings. The fraction of sp³-hybridized carbons (Fsp3) is 0.571. The molecular formula is C7H11NOS. The Hall–Kier alpha value is -0.570. The summed E-state index contributed by atoms with van der Waals surface area (Å²) in [6.45, 7) is 4.99. The molecule has 1 heterocycles. The Morgan fingerprint density at radius 1 is 1.70 bits per heavy atom. The molecule has 1 rings (SSSR count). The first kappa shape index (κ1) is 7.54. The molecule has 0 amide bonds. The molecule has 0 saturated carbocycles. The smallest absolute Gasteiger partial charge is 0.225 e. The SMILES string of the molecule is CC(C)COc1ccsn1. The number of hydrogen-bond acceptors (Lipinski definition) is 3. The first-order chi connectivity index (χ1) is 4.79. The Balaban J connectivity index is 2.28. The van der Waals surface area contributed by atoms with Crippen LogP contribution in [-0.4, -0.2) is 11.0 Å². The van der Waals surface area contributed by atoms with Crippen LogP contribution in [0.3, 0.4) is 0 Å². The van der Waals surface area contributed by atoms with Gasteiger partial charge in [0.2, 0.25) is 5.88 Å². The van der Waals surface area contributed by atoms with Crippen molar-refractivity contribution in [3.05, 3.63) is 11.4 Å². The van der Waals surface area contributed by atoms with Gasteiger partial charge in [-0.3, -0.25) is 0 Å². The molecular weight excluding hydrogens is 146 g/mol. The second-order valence-corrected chi connectivity index (χ2v) is 3.21. The van der Waals surface area contributed by atoms with E-state index in [0.29, 0.717) is 5.92 Å². The summed E-state index contributed by atoms with van der Waals surface area (Å²) >= 11 is 1.42. The summed E-state index contributed by atoms with van der Waals surface area (Å²) in [7, 11) is 0. The molecule has 56 valence electrons. The quantitative estimate of drug-likeness (QED) is 0.671. The molecule has 0 saturated heterocycles. The van der Waals surface area contributed by atoms with E-state index in [-0.39, 0.29) is 0 Å². The summed E-state index contributed by atoms with van der Waals surface area (Å²) in [6, 6.07) is 1.88. The van der Waals surface area contributed by atoms with Crippen LogP contribution in [-0.2, 0) is 0 Å². The van der Waals surface area contributed by atoms with Crippen molar-refractivity contribution < 1.29 is 4.74 Å². The molecule has 0 atom stereocenters. The van der Waals surface area contributed by atoms with E-state index in [1.807, 2.05) is 11.4 Å². The van der Waals surface area contributed by atoms with Crippen molar-refractivity contribution >= 4 is 11.5 Å². The Morgan fingerprint density at radius 2 is 2.50 bits per heavy atom. The molecule has 0 unspecified atom stereocenters. The zero-order chi connectivity index (χ0) is 7.40. The van der Waals surface area contributed by atoms with Crippen LogP contribution in [0.25, 0.3) is 0 Å². The van der Waals surface area contributed by atoms with Crippen LogP contribution in [0.4, 0.5) is 0 Å². The van der Waals surface area contributed by atoms with Gasteiger partial charge in [0.15, 0.2) is 0 Å². The van der Waals surface area contributed by atoms with Gasteiger partial charge in [-0.25, -0.2) is 0 Å². The van der Waals surface area contributed by atoms with Gasteiger partial charge in [-0.05, 0) is 17.5 Å². The van der Waals surface area contributed by atoms with Gasteiger partial charge in [0.25, 0.3) is 0 Å². The maximum absolute atomic E-state index is 5.31. The van der Waals surface area contributed by atoms with E-state index in [4.69, 9.17) is 4.74 Å². The first-order valence-electron chi connectivity index (χ1n) is 3.32. The van der Waals surface area contributed by atoms with E-state index in [0.717, 1.165) is 12.5 Å². The predicted molar refractivity (Wildman–Crippen MR) is 42.4 cm³/mol. The molecule has 0 fully saturated rings. The Morgan fingerprint density at radius 3 is 3.00 bits per heavy atom. The lowest BCUT2D eigenvalue weighted by Crippen LogP contribution is -2.04. The molecule has 0 aliphatic heterocycles. The van der Waals surface area contributed by atoms with Crippen LogP contribution in [0.5, 0.6) is 5.88 Å². The second kappa shape index (κ2) is 3.56. The van der Waals surface area contributed by atoms with E-state index in [9.17, 15) is 0 Å². The lowest BCUT2D eigenvalue weighted by molar-refractivity contribution is 0.264. The van der Waals surface area contributed by atoms with Gasteiger partial charge in [0.05, 0.1) is 6.61 Å². The average molecular weight is 157 g/mol.